The summed E-state index contributed by atoms with van der Waals surface area (Å²) in [5.74, 6) is -0.451. The molecule has 1 aliphatic rings. The molecule has 1 unspecified atom stereocenters. The van der Waals surface area contributed by atoms with Crippen molar-refractivity contribution in [1.82, 2.24) is 5.32 Å². The number of carbonyl (C=O) groups is 2. The first-order valence-electron chi connectivity index (χ1n) is 9.80. The van der Waals surface area contributed by atoms with Crippen LogP contribution in [0.2, 0.25) is 0 Å². The summed E-state index contributed by atoms with van der Waals surface area (Å²) in [6.45, 7) is 4.69. The zero-order chi connectivity index (χ0) is 21.3. The molecule has 0 saturated heterocycles. The molecule has 2 amide bonds. The smallest absolute Gasteiger partial charge is 0.263 e. The van der Waals surface area contributed by atoms with Crippen molar-refractivity contribution in [2.75, 3.05) is 11.4 Å². The van der Waals surface area contributed by atoms with Gasteiger partial charge in [-0.3, -0.25) is 9.59 Å². The summed E-state index contributed by atoms with van der Waals surface area (Å²) in [5.41, 5.74) is 3.51. The Kier molecular flexibility index (Phi) is 5.61. The van der Waals surface area contributed by atoms with Crippen molar-refractivity contribution < 1.29 is 14.1 Å². The van der Waals surface area contributed by atoms with Crippen LogP contribution in [0.15, 0.2) is 76.5 Å². The van der Waals surface area contributed by atoms with Gasteiger partial charge in [-0.2, -0.15) is 0 Å². The molecule has 5 nitrogen and oxygen atoms in total. The molecule has 0 spiro atoms. The Bertz CT molecular complexity index is 1130. The topological polar surface area (TPSA) is 72.5 Å². The Morgan fingerprint density at radius 1 is 1.03 bits per heavy atom. The Labute approximate surface area is 178 Å². The average molecular weight is 419 g/mol. The summed E-state index contributed by atoms with van der Waals surface area (Å²) < 4.78 is 13.2. The molecule has 1 aliphatic heterocycles. The molecule has 0 fully saturated rings. The normalized spacial score (nSPS) is 15.2. The second kappa shape index (κ2) is 8.34. The number of aryl methyl sites for hydroxylation is 1. The molecule has 0 aromatic heterocycles. The van der Waals surface area contributed by atoms with Crippen LogP contribution in [0.4, 0.5) is 5.69 Å². The van der Waals surface area contributed by atoms with Crippen LogP contribution in [0, 0.1) is 6.92 Å². The first-order chi connectivity index (χ1) is 14.5. The molecular weight excluding hydrogens is 396 g/mol. The predicted octanol–water partition coefficient (Wildman–Crippen LogP) is 4.07. The van der Waals surface area contributed by atoms with Gasteiger partial charge in [0.25, 0.3) is 11.8 Å². The van der Waals surface area contributed by atoms with E-state index < -0.39 is 11.2 Å². The number of benzene rings is 3. The van der Waals surface area contributed by atoms with Crippen LogP contribution < -0.4 is 10.2 Å². The number of hydrogen-bond donors (Lipinski definition) is 1. The third-order valence-electron chi connectivity index (χ3n) is 5.13. The van der Waals surface area contributed by atoms with Crippen molar-refractivity contribution in [1.29, 1.82) is 0 Å². The highest BCUT2D eigenvalue weighted by Gasteiger charge is 2.35. The highest BCUT2D eigenvalue weighted by molar-refractivity contribution is 7.91. The minimum absolute atomic E-state index is 0.211. The minimum atomic E-state index is -1.50. The zero-order valence-corrected chi connectivity index (χ0v) is 17.7. The minimum Gasteiger partial charge on any atom is -0.606 e. The van der Waals surface area contributed by atoms with Crippen LogP contribution in [-0.2, 0) is 17.7 Å². The lowest BCUT2D eigenvalue weighted by molar-refractivity contribution is 0.0947. The van der Waals surface area contributed by atoms with Crippen LogP contribution in [0.5, 0.6) is 0 Å². The van der Waals surface area contributed by atoms with Crippen LogP contribution >= 0.6 is 0 Å². The van der Waals surface area contributed by atoms with Crippen molar-refractivity contribution >= 4 is 28.7 Å². The van der Waals surface area contributed by atoms with Crippen LogP contribution in [0.25, 0.3) is 0 Å². The van der Waals surface area contributed by atoms with E-state index in [1.54, 1.807) is 47.4 Å². The van der Waals surface area contributed by atoms with Gasteiger partial charge in [0, 0.05) is 29.8 Å². The second-order valence-corrected chi connectivity index (χ2v) is 8.59. The molecule has 152 valence electrons. The Balaban J connectivity index is 1.66. The highest BCUT2D eigenvalue weighted by atomic mass is 32.2. The van der Waals surface area contributed by atoms with E-state index in [9.17, 15) is 14.1 Å². The van der Waals surface area contributed by atoms with Crippen molar-refractivity contribution in [3.05, 3.63) is 89.0 Å². The quantitative estimate of drug-likeness (QED) is 0.649. The van der Waals surface area contributed by atoms with Crippen molar-refractivity contribution in [3.8, 4) is 0 Å². The Morgan fingerprint density at radius 3 is 2.60 bits per heavy atom. The van der Waals surface area contributed by atoms with Gasteiger partial charge < -0.3 is 14.8 Å². The largest absolute Gasteiger partial charge is 0.606 e. The van der Waals surface area contributed by atoms with E-state index in [2.05, 4.69) is 5.32 Å². The number of rotatable bonds is 4. The van der Waals surface area contributed by atoms with Gasteiger partial charge in [0.05, 0.1) is 5.56 Å². The van der Waals surface area contributed by atoms with Gasteiger partial charge in [-0.25, -0.2) is 0 Å². The fraction of sp³-hybridized carbons (Fsp3) is 0.167. The van der Waals surface area contributed by atoms with Crippen molar-refractivity contribution in [2.45, 2.75) is 30.2 Å². The van der Waals surface area contributed by atoms with Crippen LogP contribution in [-0.4, -0.2) is 22.9 Å². The number of anilines is 1. The molecule has 4 rings (SSSR count). The summed E-state index contributed by atoms with van der Waals surface area (Å²) in [4.78, 5) is 28.5. The molecule has 0 bridgehead atoms. The predicted molar refractivity (Wildman–Crippen MR) is 117 cm³/mol. The zero-order valence-electron chi connectivity index (χ0n) is 16.8. The summed E-state index contributed by atoms with van der Waals surface area (Å²) in [6.07, 6.45) is 0. The van der Waals surface area contributed by atoms with Gasteiger partial charge in [0.1, 0.15) is 5.69 Å². The standard InChI is InChI=1S/C24H22N2O3S/c1-3-26-20-14-18(23(27)25-15-17-8-6-7-16(2)13-17)11-12-22(20)30(29)21-10-5-4-9-19(21)24(26)28/h4-14H,3,15H2,1-2H3,(H,25,27). The van der Waals surface area contributed by atoms with Gasteiger partial charge in [0.2, 0.25) is 0 Å². The van der Waals surface area contributed by atoms with E-state index >= 15 is 0 Å². The molecule has 0 radical (unpaired) electrons. The first-order valence-corrected chi connectivity index (χ1v) is 10.9. The van der Waals surface area contributed by atoms with Gasteiger partial charge in [-0.15, -0.1) is 0 Å². The lowest BCUT2D eigenvalue weighted by atomic mass is 10.1. The monoisotopic (exact) mass is 418 g/mol. The summed E-state index contributed by atoms with van der Waals surface area (Å²) in [7, 11) is 0. The molecule has 1 heterocycles. The first kappa shape index (κ1) is 20.2. The van der Waals surface area contributed by atoms with Crippen molar-refractivity contribution in [2.24, 2.45) is 0 Å². The molecule has 30 heavy (non-hydrogen) atoms. The van der Waals surface area contributed by atoms with Crippen molar-refractivity contribution in [3.63, 3.8) is 0 Å². The number of nitrogens with zero attached hydrogens (tertiary/aromatic N) is 1. The van der Waals surface area contributed by atoms with E-state index in [0.717, 1.165) is 11.1 Å². The summed E-state index contributed by atoms with van der Waals surface area (Å²) in [5, 5.41) is 2.92. The molecule has 3 aromatic rings. The van der Waals surface area contributed by atoms with Gasteiger partial charge in [0.15, 0.2) is 9.79 Å². The van der Waals surface area contributed by atoms with Crippen LogP contribution in [0.3, 0.4) is 0 Å². The lowest BCUT2D eigenvalue weighted by Gasteiger charge is -2.20. The van der Waals surface area contributed by atoms with Crippen LogP contribution in [0.1, 0.15) is 38.8 Å². The fourth-order valence-electron chi connectivity index (χ4n) is 3.63. The molecule has 0 saturated carbocycles. The lowest BCUT2D eigenvalue weighted by Crippen LogP contribution is -2.31. The van der Waals surface area contributed by atoms with E-state index in [-0.39, 0.29) is 11.8 Å². The maximum Gasteiger partial charge on any atom is 0.263 e. The maximum absolute atomic E-state index is 13.2. The molecule has 0 aliphatic carbocycles. The Hall–Kier alpha value is -3.09. The number of amides is 2. The van der Waals surface area contributed by atoms with Gasteiger partial charge >= 0.3 is 0 Å². The van der Waals surface area contributed by atoms with E-state index in [1.807, 2.05) is 38.1 Å². The van der Waals surface area contributed by atoms with Gasteiger partial charge in [-0.1, -0.05) is 42.0 Å². The fourth-order valence-corrected chi connectivity index (χ4v) is 4.97. The summed E-state index contributed by atoms with van der Waals surface area (Å²) in [6, 6.07) is 19.9. The number of nitrogens with one attached hydrogen (secondary N) is 1. The van der Waals surface area contributed by atoms with Gasteiger partial charge in [-0.05, 0) is 49.7 Å². The highest BCUT2D eigenvalue weighted by Crippen LogP contribution is 2.37. The molecule has 3 aromatic carbocycles. The number of fused-ring (bicyclic) bond motifs is 2. The SMILES string of the molecule is CCN1C(=O)c2ccccc2[S+]([O-])c2ccc(C(=O)NCc3cccc(C)c3)cc21. The third-order valence-corrected chi connectivity index (χ3v) is 6.63. The van der Waals surface area contributed by atoms with E-state index in [4.69, 9.17) is 0 Å². The number of carbonyl (C=O) groups excluding carboxylic acids is 2. The van der Waals surface area contributed by atoms with E-state index in [0.29, 0.717) is 39.7 Å². The maximum atomic E-state index is 13.2. The third kappa shape index (κ3) is 3.72. The molecule has 1 N–H and O–H groups in total. The average Bonchev–Trinajstić information content (AvgIpc) is 2.85. The molecular formula is C24H22N2O3S. The Morgan fingerprint density at radius 2 is 1.83 bits per heavy atom. The number of hydrogen-bond acceptors (Lipinski definition) is 3. The molecule has 1 atom stereocenters. The molecule has 6 heteroatoms. The second-order valence-electron chi connectivity index (χ2n) is 7.17. The van der Waals surface area contributed by atoms with E-state index in [1.165, 1.54) is 0 Å². The summed E-state index contributed by atoms with van der Waals surface area (Å²) >= 11 is -1.50.